The lowest BCUT2D eigenvalue weighted by molar-refractivity contribution is -0.119. The molecule has 31 heavy (non-hydrogen) atoms. The van der Waals surface area contributed by atoms with Crippen molar-refractivity contribution in [3.63, 3.8) is 0 Å². The third-order valence-electron chi connectivity index (χ3n) is 4.87. The van der Waals surface area contributed by atoms with E-state index in [-0.39, 0.29) is 11.4 Å². The van der Waals surface area contributed by atoms with Gasteiger partial charge in [-0.25, -0.2) is 8.42 Å². The number of methoxy groups -OCH3 is 1. The Hall–Kier alpha value is -3.32. The van der Waals surface area contributed by atoms with Crippen molar-refractivity contribution >= 4 is 21.6 Å². The largest absolute Gasteiger partial charge is 0.497 e. The molecule has 3 aromatic rings. The van der Waals surface area contributed by atoms with Crippen LogP contribution in [0.5, 0.6) is 5.75 Å². The van der Waals surface area contributed by atoms with Crippen LogP contribution in [0, 0.1) is 13.8 Å². The van der Waals surface area contributed by atoms with Gasteiger partial charge in [0.2, 0.25) is 5.91 Å². The van der Waals surface area contributed by atoms with Gasteiger partial charge in [-0.3, -0.25) is 9.10 Å². The first kappa shape index (κ1) is 22.4. The van der Waals surface area contributed by atoms with E-state index in [4.69, 9.17) is 4.74 Å². The number of hydrogen-bond donors (Lipinski definition) is 1. The van der Waals surface area contributed by atoms with Crippen molar-refractivity contribution in [3.05, 3.63) is 89.5 Å². The molecule has 0 aliphatic heterocycles. The first-order chi connectivity index (χ1) is 14.8. The molecule has 0 saturated carbocycles. The van der Waals surface area contributed by atoms with Crippen LogP contribution in [0.4, 0.5) is 5.69 Å². The van der Waals surface area contributed by atoms with Gasteiger partial charge in [-0.15, -0.1) is 0 Å². The van der Waals surface area contributed by atoms with E-state index < -0.39 is 15.9 Å². The molecule has 6 nitrogen and oxygen atoms in total. The summed E-state index contributed by atoms with van der Waals surface area (Å²) in [7, 11) is -2.44. The Bertz CT molecular complexity index is 1120. The van der Waals surface area contributed by atoms with E-state index in [1.54, 1.807) is 24.3 Å². The van der Waals surface area contributed by atoms with Gasteiger partial charge in [0, 0.05) is 6.54 Å². The highest BCUT2D eigenvalue weighted by Gasteiger charge is 2.27. The van der Waals surface area contributed by atoms with Crippen LogP contribution in [0.15, 0.2) is 77.7 Å². The number of anilines is 1. The maximum absolute atomic E-state index is 13.4. The van der Waals surface area contributed by atoms with Gasteiger partial charge in [0.05, 0.1) is 17.7 Å². The Morgan fingerprint density at radius 1 is 0.871 bits per heavy atom. The molecule has 0 radical (unpaired) electrons. The molecule has 0 heterocycles. The summed E-state index contributed by atoms with van der Waals surface area (Å²) < 4.78 is 33.0. The molecule has 0 aromatic heterocycles. The van der Waals surface area contributed by atoms with Crippen molar-refractivity contribution in [2.24, 2.45) is 0 Å². The molecule has 0 aliphatic rings. The normalized spacial score (nSPS) is 11.1. The molecule has 162 valence electrons. The van der Waals surface area contributed by atoms with Gasteiger partial charge in [-0.05, 0) is 55.8 Å². The molecular formula is C24H26N2O4S. The maximum atomic E-state index is 13.4. The molecule has 0 atom stereocenters. The fourth-order valence-corrected chi connectivity index (χ4v) is 4.41. The fourth-order valence-electron chi connectivity index (χ4n) is 2.99. The quantitative estimate of drug-likeness (QED) is 0.580. The number of nitrogens with zero attached hydrogens (tertiary/aromatic N) is 1. The summed E-state index contributed by atoms with van der Waals surface area (Å²) in [6.45, 7) is 3.90. The number of hydrogen-bond acceptors (Lipinski definition) is 4. The monoisotopic (exact) mass is 438 g/mol. The summed E-state index contributed by atoms with van der Waals surface area (Å²) in [5.41, 5.74) is 3.49. The van der Waals surface area contributed by atoms with Crippen LogP contribution in [0.3, 0.4) is 0 Å². The molecule has 0 saturated heterocycles. The van der Waals surface area contributed by atoms with E-state index in [0.717, 1.165) is 21.0 Å². The number of sulfonamides is 1. The van der Waals surface area contributed by atoms with Crippen LogP contribution in [0.2, 0.25) is 0 Å². The highest BCUT2D eigenvalue weighted by molar-refractivity contribution is 7.92. The Morgan fingerprint density at radius 3 is 1.97 bits per heavy atom. The maximum Gasteiger partial charge on any atom is 0.264 e. The number of ether oxygens (including phenoxy) is 1. The van der Waals surface area contributed by atoms with Gasteiger partial charge in [-0.2, -0.15) is 0 Å². The number of carbonyl (C=O) groups is 1. The Morgan fingerprint density at radius 2 is 1.42 bits per heavy atom. The minimum atomic E-state index is -3.96. The second-order valence-electron chi connectivity index (χ2n) is 7.29. The minimum absolute atomic E-state index is 0.0835. The standard InChI is InChI=1S/C24H26N2O4S/c1-18-4-8-20(9-5-18)16-25-24(27)17-26(21-10-6-19(2)7-11-21)31(28,29)23-14-12-22(30-3)13-15-23/h4-15H,16-17H2,1-3H3,(H,25,27). The van der Waals surface area contributed by atoms with Crippen molar-refractivity contribution in [3.8, 4) is 5.75 Å². The van der Waals surface area contributed by atoms with E-state index in [2.05, 4.69) is 5.32 Å². The molecule has 0 spiro atoms. The van der Waals surface area contributed by atoms with Crippen molar-refractivity contribution in [2.45, 2.75) is 25.3 Å². The topological polar surface area (TPSA) is 75.7 Å². The molecule has 7 heteroatoms. The van der Waals surface area contributed by atoms with Crippen molar-refractivity contribution in [1.29, 1.82) is 0 Å². The Labute approximate surface area is 183 Å². The molecule has 0 fully saturated rings. The zero-order valence-electron chi connectivity index (χ0n) is 17.8. The number of carbonyl (C=O) groups excluding carboxylic acids is 1. The number of amides is 1. The predicted molar refractivity (Wildman–Crippen MR) is 122 cm³/mol. The van der Waals surface area contributed by atoms with Crippen LogP contribution in [-0.4, -0.2) is 28.0 Å². The SMILES string of the molecule is COc1ccc(S(=O)(=O)N(CC(=O)NCc2ccc(C)cc2)c2ccc(C)cc2)cc1. The zero-order valence-corrected chi connectivity index (χ0v) is 18.6. The third kappa shape index (κ3) is 5.64. The van der Waals surface area contributed by atoms with Gasteiger partial charge in [0.25, 0.3) is 10.0 Å². The van der Waals surface area contributed by atoms with Crippen molar-refractivity contribution < 1.29 is 17.9 Å². The van der Waals surface area contributed by atoms with Gasteiger partial charge < -0.3 is 10.1 Å². The average molecular weight is 439 g/mol. The first-order valence-electron chi connectivity index (χ1n) is 9.85. The second kappa shape index (κ2) is 9.66. The van der Waals surface area contributed by atoms with E-state index in [1.807, 2.05) is 50.2 Å². The molecule has 3 aromatic carbocycles. The van der Waals surface area contributed by atoms with Gasteiger partial charge >= 0.3 is 0 Å². The molecule has 0 unspecified atom stereocenters. The fraction of sp³-hybridized carbons (Fsp3) is 0.208. The predicted octanol–water partition coefficient (Wildman–Crippen LogP) is 3.82. The smallest absolute Gasteiger partial charge is 0.264 e. The van der Waals surface area contributed by atoms with Crippen LogP contribution >= 0.6 is 0 Å². The molecule has 0 bridgehead atoms. The van der Waals surface area contributed by atoms with Crippen LogP contribution in [-0.2, 0) is 21.4 Å². The summed E-state index contributed by atoms with van der Waals surface area (Å²) in [5.74, 6) is 0.162. The highest BCUT2D eigenvalue weighted by Crippen LogP contribution is 2.25. The van der Waals surface area contributed by atoms with Crippen LogP contribution in [0.25, 0.3) is 0 Å². The lowest BCUT2D eigenvalue weighted by atomic mass is 10.1. The molecule has 0 aliphatic carbocycles. The zero-order chi connectivity index (χ0) is 22.4. The van der Waals surface area contributed by atoms with Crippen LogP contribution < -0.4 is 14.4 Å². The molecule has 1 N–H and O–H groups in total. The highest BCUT2D eigenvalue weighted by atomic mass is 32.2. The third-order valence-corrected chi connectivity index (χ3v) is 6.65. The van der Waals surface area contributed by atoms with E-state index in [1.165, 1.54) is 19.2 Å². The van der Waals surface area contributed by atoms with E-state index in [9.17, 15) is 13.2 Å². The summed E-state index contributed by atoms with van der Waals surface area (Å²) in [6.07, 6.45) is 0. The lowest BCUT2D eigenvalue weighted by Crippen LogP contribution is -2.40. The van der Waals surface area contributed by atoms with Gasteiger partial charge in [0.15, 0.2) is 0 Å². The molecule has 3 rings (SSSR count). The minimum Gasteiger partial charge on any atom is -0.497 e. The number of nitrogens with one attached hydrogen (secondary N) is 1. The average Bonchev–Trinajstić information content (AvgIpc) is 2.78. The van der Waals surface area contributed by atoms with Crippen molar-refractivity contribution in [2.75, 3.05) is 18.0 Å². The summed E-state index contributed by atoms with van der Waals surface area (Å²) in [5, 5.41) is 2.81. The number of benzene rings is 3. The van der Waals surface area contributed by atoms with Crippen LogP contribution in [0.1, 0.15) is 16.7 Å². The van der Waals surface area contributed by atoms with E-state index >= 15 is 0 Å². The molecule has 1 amide bonds. The summed E-state index contributed by atoms with van der Waals surface area (Å²) in [4.78, 5) is 12.8. The summed E-state index contributed by atoms with van der Waals surface area (Å²) in [6, 6.07) is 20.9. The van der Waals surface area contributed by atoms with E-state index in [0.29, 0.717) is 18.0 Å². The summed E-state index contributed by atoms with van der Waals surface area (Å²) >= 11 is 0. The second-order valence-corrected chi connectivity index (χ2v) is 9.15. The number of aryl methyl sites for hydroxylation is 2. The lowest BCUT2D eigenvalue weighted by Gasteiger charge is -2.24. The van der Waals surface area contributed by atoms with Gasteiger partial charge in [0.1, 0.15) is 12.3 Å². The Balaban J connectivity index is 1.84. The molecular weight excluding hydrogens is 412 g/mol. The number of rotatable bonds is 8. The Kier molecular flexibility index (Phi) is 6.97. The van der Waals surface area contributed by atoms with Crippen molar-refractivity contribution in [1.82, 2.24) is 5.32 Å². The van der Waals surface area contributed by atoms with Gasteiger partial charge in [-0.1, -0.05) is 47.5 Å². The first-order valence-corrected chi connectivity index (χ1v) is 11.3.